The summed E-state index contributed by atoms with van der Waals surface area (Å²) in [6, 6.07) is 0. The molecule has 0 atom stereocenters. The molecule has 0 aliphatic heterocycles. The van der Waals surface area contributed by atoms with Crippen molar-refractivity contribution in [3.05, 3.63) is 11.7 Å². The molecule has 0 heterocycles. The molecule has 0 rings (SSSR count). The molecule has 24 heteroatoms. The average molecular weight is 600 g/mol. The van der Waals surface area contributed by atoms with Crippen LogP contribution in [-0.4, -0.2) is 59.7 Å². The van der Waals surface area contributed by atoms with E-state index in [1.165, 1.54) is 0 Å². The molecule has 0 bridgehead atoms. The number of halogens is 24. The Balaban J connectivity index is 7.34. The first-order chi connectivity index (χ1) is 15.1. The van der Waals surface area contributed by atoms with Gasteiger partial charge < -0.3 is 0 Å². The summed E-state index contributed by atoms with van der Waals surface area (Å²) < 4.78 is 307. The highest BCUT2D eigenvalue weighted by atomic mass is 19.4. The maximum Gasteiger partial charge on any atom is 0.445 e. The summed E-state index contributed by atoms with van der Waals surface area (Å²) in [5.74, 6) is -65.5. The summed E-state index contributed by atoms with van der Waals surface area (Å²) in [6.45, 7) is 0. The van der Waals surface area contributed by atoms with Crippen molar-refractivity contribution in [2.45, 2.75) is 59.7 Å². The first kappa shape index (κ1) is 34.1. The minimum absolute atomic E-state index is 5.14. The summed E-state index contributed by atoms with van der Waals surface area (Å²) in [5.41, 5.74) is -9.01. The highest BCUT2D eigenvalue weighted by Crippen LogP contribution is 2.66. The third kappa shape index (κ3) is 4.18. The molecule has 216 valence electrons. The second-order valence-corrected chi connectivity index (χ2v) is 6.23. The van der Waals surface area contributed by atoms with Crippen LogP contribution in [0.25, 0.3) is 0 Å². The van der Waals surface area contributed by atoms with Gasteiger partial charge in [0.2, 0.25) is 11.7 Å². The van der Waals surface area contributed by atoms with Gasteiger partial charge in [0.05, 0.1) is 0 Å². The third-order valence-electron chi connectivity index (χ3n) is 3.90. The molecule has 0 unspecified atom stereocenters. The standard InChI is InChI=1S/C12F24/c13-1(2(14)4(17,18)19)3(15,16)6(21,22)8(25,26)10(29,30)9(27,28)7(23,24)5(20,11(31,32)33)12(34,35)36. The van der Waals surface area contributed by atoms with Gasteiger partial charge in [-0.15, -0.1) is 0 Å². The molecular weight excluding hydrogens is 600 g/mol. The molecule has 0 aromatic rings. The summed E-state index contributed by atoms with van der Waals surface area (Å²) in [4.78, 5) is 0. The Morgan fingerprint density at radius 3 is 0.806 bits per heavy atom. The van der Waals surface area contributed by atoms with Crippen molar-refractivity contribution in [1.82, 2.24) is 0 Å². The molecule has 0 aromatic carbocycles. The molecule has 0 fully saturated rings. The predicted octanol–water partition coefficient (Wildman–Crippen LogP) is 8.34. The van der Waals surface area contributed by atoms with Crippen LogP contribution in [0.4, 0.5) is 105 Å². The lowest BCUT2D eigenvalue weighted by Gasteiger charge is -2.44. The maximum atomic E-state index is 13.4. The highest BCUT2D eigenvalue weighted by Gasteiger charge is 2.98. The third-order valence-corrected chi connectivity index (χ3v) is 3.90. The Morgan fingerprint density at radius 1 is 0.306 bits per heavy atom. The number of hydrogen-bond acceptors (Lipinski definition) is 0. The van der Waals surface area contributed by atoms with E-state index in [1.54, 1.807) is 0 Å². The van der Waals surface area contributed by atoms with Crippen molar-refractivity contribution in [1.29, 1.82) is 0 Å². The van der Waals surface area contributed by atoms with Crippen molar-refractivity contribution in [2.24, 2.45) is 0 Å². The Bertz CT molecular complexity index is 830. The Kier molecular flexibility index (Phi) is 7.83. The van der Waals surface area contributed by atoms with Gasteiger partial charge in [-0.2, -0.15) is 96.6 Å². The fourth-order valence-electron chi connectivity index (χ4n) is 1.92. The molecule has 0 amide bonds. The summed E-state index contributed by atoms with van der Waals surface area (Å²) in [7, 11) is 0. The summed E-state index contributed by atoms with van der Waals surface area (Å²) in [5, 5.41) is 0. The van der Waals surface area contributed by atoms with Crippen LogP contribution < -0.4 is 0 Å². The van der Waals surface area contributed by atoms with Gasteiger partial charge >= 0.3 is 59.7 Å². The zero-order valence-electron chi connectivity index (χ0n) is 15.1. The van der Waals surface area contributed by atoms with E-state index in [0.717, 1.165) is 0 Å². The van der Waals surface area contributed by atoms with Crippen molar-refractivity contribution < 1.29 is 105 Å². The Labute approximate surface area is 178 Å². The Morgan fingerprint density at radius 2 is 0.556 bits per heavy atom. The zero-order chi connectivity index (χ0) is 30.2. The van der Waals surface area contributed by atoms with Crippen LogP contribution in [0, 0.1) is 0 Å². The fourth-order valence-corrected chi connectivity index (χ4v) is 1.92. The first-order valence-corrected chi connectivity index (χ1v) is 7.29. The minimum Gasteiger partial charge on any atom is -0.216 e. The molecule has 0 aromatic heterocycles. The van der Waals surface area contributed by atoms with Gasteiger partial charge in [0.25, 0.3) is 0 Å². The first-order valence-electron chi connectivity index (χ1n) is 7.29. The van der Waals surface area contributed by atoms with Crippen molar-refractivity contribution in [2.75, 3.05) is 0 Å². The van der Waals surface area contributed by atoms with Crippen molar-refractivity contribution in [3.63, 3.8) is 0 Å². The molecule has 0 nitrogen and oxygen atoms in total. The van der Waals surface area contributed by atoms with E-state index in [0.29, 0.717) is 0 Å². The average Bonchev–Trinajstić information content (AvgIpc) is 2.62. The highest BCUT2D eigenvalue weighted by molar-refractivity contribution is 5.24. The number of alkyl halides is 22. The predicted molar refractivity (Wildman–Crippen MR) is 60.9 cm³/mol. The lowest BCUT2D eigenvalue weighted by atomic mass is 9.83. The monoisotopic (exact) mass is 600 g/mol. The van der Waals surface area contributed by atoms with Crippen LogP contribution in [0.2, 0.25) is 0 Å². The topological polar surface area (TPSA) is 0 Å². The minimum atomic E-state index is -9.44. The van der Waals surface area contributed by atoms with E-state index < -0.39 is 71.4 Å². The molecule has 0 saturated carbocycles. The van der Waals surface area contributed by atoms with E-state index in [2.05, 4.69) is 0 Å². The second kappa shape index (κ2) is 8.28. The van der Waals surface area contributed by atoms with Crippen LogP contribution >= 0.6 is 0 Å². The summed E-state index contributed by atoms with van der Waals surface area (Å²) >= 11 is 0. The molecule has 0 saturated heterocycles. The van der Waals surface area contributed by atoms with Crippen molar-refractivity contribution >= 4 is 0 Å². The SMILES string of the molecule is FC(=C(F)C(F)(F)C(F)(F)C(F)(F)C(F)(F)C(F)(F)C(F)(F)C(F)(C(F)(F)F)C(F)(F)F)C(F)(F)F. The lowest BCUT2D eigenvalue weighted by molar-refractivity contribution is -0.471. The van der Waals surface area contributed by atoms with Crippen LogP contribution in [0.5, 0.6) is 0 Å². The van der Waals surface area contributed by atoms with Crippen LogP contribution in [0.1, 0.15) is 0 Å². The van der Waals surface area contributed by atoms with E-state index in [-0.39, 0.29) is 0 Å². The van der Waals surface area contributed by atoms with Crippen LogP contribution in [-0.2, 0) is 0 Å². The van der Waals surface area contributed by atoms with Gasteiger partial charge in [0.15, 0.2) is 0 Å². The van der Waals surface area contributed by atoms with Gasteiger partial charge in [-0.25, -0.2) is 8.78 Å². The van der Waals surface area contributed by atoms with Gasteiger partial charge in [0.1, 0.15) is 0 Å². The van der Waals surface area contributed by atoms with Crippen molar-refractivity contribution in [3.8, 4) is 0 Å². The van der Waals surface area contributed by atoms with E-state index in [1.807, 2.05) is 0 Å². The molecule has 0 spiro atoms. The van der Waals surface area contributed by atoms with Gasteiger partial charge in [-0.1, -0.05) is 0 Å². The van der Waals surface area contributed by atoms with E-state index >= 15 is 0 Å². The van der Waals surface area contributed by atoms with Crippen LogP contribution in [0.15, 0.2) is 11.7 Å². The smallest absolute Gasteiger partial charge is 0.216 e. The molecular formula is C12F24. The van der Waals surface area contributed by atoms with Crippen LogP contribution in [0.3, 0.4) is 0 Å². The zero-order valence-corrected chi connectivity index (χ0v) is 15.1. The Hall–Kier alpha value is -1.94. The molecule has 0 radical (unpaired) electrons. The maximum absolute atomic E-state index is 13.4. The molecule has 0 aliphatic rings. The second-order valence-electron chi connectivity index (χ2n) is 6.23. The number of allylic oxidation sites excluding steroid dienone is 2. The lowest BCUT2D eigenvalue weighted by Crippen LogP contribution is -2.77. The molecule has 0 N–H and O–H groups in total. The fraction of sp³-hybridized carbons (Fsp3) is 0.833. The number of hydrogen-bond donors (Lipinski definition) is 0. The van der Waals surface area contributed by atoms with E-state index in [9.17, 15) is 105 Å². The quantitative estimate of drug-likeness (QED) is 0.258. The normalized spacial score (nSPS) is 17.3. The van der Waals surface area contributed by atoms with E-state index in [4.69, 9.17) is 0 Å². The molecule has 0 aliphatic carbocycles. The largest absolute Gasteiger partial charge is 0.445 e. The van der Waals surface area contributed by atoms with Gasteiger partial charge in [-0.05, 0) is 0 Å². The molecule has 36 heavy (non-hydrogen) atoms. The van der Waals surface area contributed by atoms with Gasteiger partial charge in [0, 0.05) is 0 Å². The summed E-state index contributed by atoms with van der Waals surface area (Å²) in [6.07, 6.45) is -24.2. The van der Waals surface area contributed by atoms with Gasteiger partial charge in [-0.3, -0.25) is 0 Å². The number of rotatable bonds is 7.